The van der Waals surface area contributed by atoms with E-state index in [0.717, 1.165) is 10.0 Å². The van der Waals surface area contributed by atoms with Gasteiger partial charge in [0.25, 0.3) is 0 Å². The first-order valence-electron chi connectivity index (χ1n) is 5.95. The highest BCUT2D eigenvalue weighted by Crippen LogP contribution is 2.22. The van der Waals surface area contributed by atoms with Crippen LogP contribution in [0.15, 0.2) is 46.9 Å². The van der Waals surface area contributed by atoms with Gasteiger partial charge in [-0.3, -0.25) is 0 Å². The van der Waals surface area contributed by atoms with Gasteiger partial charge in [-0.15, -0.1) is 0 Å². The minimum absolute atomic E-state index is 0.146. The van der Waals surface area contributed by atoms with Crippen LogP contribution >= 0.6 is 15.9 Å². The van der Waals surface area contributed by atoms with E-state index in [-0.39, 0.29) is 12.4 Å². The van der Waals surface area contributed by atoms with Crippen molar-refractivity contribution in [1.82, 2.24) is 0 Å². The van der Waals surface area contributed by atoms with Gasteiger partial charge in [-0.2, -0.15) is 0 Å². The van der Waals surface area contributed by atoms with Crippen LogP contribution in [0.3, 0.4) is 0 Å². The molecule has 0 heterocycles. The molecule has 2 nitrogen and oxygen atoms in total. The number of rotatable bonds is 4. The van der Waals surface area contributed by atoms with Crippen LogP contribution in [-0.2, 0) is 13.2 Å². The van der Waals surface area contributed by atoms with Crippen molar-refractivity contribution in [3.8, 4) is 0 Å². The molecule has 0 bridgehead atoms. The van der Waals surface area contributed by atoms with Gasteiger partial charge in [0.2, 0.25) is 0 Å². The van der Waals surface area contributed by atoms with Crippen LogP contribution in [0.5, 0.6) is 0 Å². The fourth-order valence-electron chi connectivity index (χ4n) is 1.95. The predicted molar refractivity (Wildman–Crippen MR) is 78.6 cm³/mol. The molecule has 0 amide bonds. The number of hydrogen-bond donors (Lipinski definition) is 1. The molecule has 0 radical (unpaired) electrons. The highest BCUT2D eigenvalue weighted by molar-refractivity contribution is 9.10. The zero-order valence-corrected chi connectivity index (χ0v) is 12.2. The summed E-state index contributed by atoms with van der Waals surface area (Å²) < 4.78 is 14.9. The standard InChI is InChI=1S/C15H15BrFNO/c1-18(9-11-3-2-4-13(16)7-11)15-6-5-12(10-19)8-14(15)17/h2-8,19H,9-10H2,1H3. The molecule has 0 aromatic heterocycles. The van der Waals surface area contributed by atoms with Crippen LogP contribution in [0.4, 0.5) is 10.1 Å². The molecule has 0 aliphatic heterocycles. The molecule has 4 heteroatoms. The molecule has 0 saturated carbocycles. The lowest BCUT2D eigenvalue weighted by molar-refractivity contribution is 0.281. The average Bonchev–Trinajstić information content (AvgIpc) is 2.38. The van der Waals surface area contributed by atoms with Gasteiger partial charge in [0, 0.05) is 18.1 Å². The SMILES string of the molecule is CN(Cc1cccc(Br)c1)c1ccc(CO)cc1F. The summed E-state index contributed by atoms with van der Waals surface area (Å²) in [5.74, 6) is -0.316. The largest absolute Gasteiger partial charge is 0.392 e. The summed E-state index contributed by atoms with van der Waals surface area (Å²) in [6.07, 6.45) is 0. The molecule has 0 fully saturated rings. The molecule has 0 saturated heterocycles. The summed E-state index contributed by atoms with van der Waals surface area (Å²) >= 11 is 3.42. The zero-order chi connectivity index (χ0) is 13.8. The van der Waals surface area contributed by atoms with Gasteiger partial charge in [-0.1, -0.05) is 34.1 Å². The Balaban J connectivity index is 2.18. The fraction of sp³-hybridized carbons (Fsp3) is 0.200. The third-order valence-corrected chi connectivity index (χ3v) is 3.41. The molecule has 1 N–H and O–H groups in total. The van der Waals surface area contributed by atoms with E-state index in [0.29, 0.717) is 17.8 Å². The van der Waals surface area contributed by atoms with E-state index in [4.69, 9.17) is 5.11 Å². The van der Waals surface area contributed by atoms with Crippen molar-refractivity contribution in [2.45, 2.75) is 13.2 Å². The van der Waals surface area contributed by atoms with Gasteiger partial charge < -0.3 is 10.0 Å². The first-order chi connectivity index (χ1) is 9.10. The zero-order valence-electron chi connectivity index (χ0n) is 10.6. The lowest BCUT2D eigenvalue weighted by Crippen LogP contribution is -2.17. The monoisotopic (exact) mass is 323 g/mol. The van der Waals surface area contributed by atoms with E-state index >= 15 is 0 Å². The van der Waals surface area contributed by atoms with Crippen molar-refractivity contribution in [2.75, 3.05) is 11.9 Å². The number of aliphatic hydroxyl groups excluding tert-OH is 1. The van der Waals surface area contributed by atoms with E-state index in [2.05, 4.69) is 15.9 Å². The van der Waals surface area contributed by atoms with E-state index in [1.807, 2.05) is 36.2 Å². The summed E-state index contributed by atoms with van der Waals surface area (Å²) in [7, 11) is 1.85. The lowest BCUT2D eigenvalue weighted by Gasteiger charge is -2.20. The molecule has 100 valence electrons. The number of hydrogen-bond acceptors (Lipinski definition) is 2. The van der Waals surface area contributed by atoms with Crippen molar-refractivity contribution in [2.24, 2.45) is 0 Å². The maximum absolute atomic E-state index is 13.9. The molecule has 0 aliphatic carbocycles. The van der Waals surface area contributed by atoms with Crippen LogP contribution in [-0.4, -0.2) is 12.2 Å². The van der Waals surface area contributed by atoms with Crippen molar-refractivity contribution >= 4 is 21.6 Å². The molecule has 0 unspecified atom stereocenters. The Morgan fingerprint density at radius 3 is 2.58 bits per heavy atom. The quantitative estimate of drug-likeness (QED) is 0.927. The highest BCUT2D eigenvalue weighted by atomic mass is 79.9. The maximum Gasteiger partial charge on any atom is 0.146 e. The second kappa shape index (κ2) is 6.17. The highest BCUT2D eigenvalue weighted by Gasteiger charge is 2.09. The van der Waals surface area contributed by atoms with Gasteiger partial charge >= 0.3 is 0 Å². The first kappa shape index (κ1) is 14.0. The summed E-state index contributed by atoms with van der Waals surface area (Å²) in [6.45, 7) is 0.474. The Morgan fingerprint density at radius 2 is 1.95 bits per heavy atom. The van der Waals surface area contributed by atoms with E-state index in [9.17, 15) is 4.39 Å². The Labute approximate surface area is 120 Å². The van der Waals surface area contributed by atoms with Crippen molar-refractivity contribution in [3.05, 3.63) is 63.9 Å². The van der Waals surface area contributed by atoms with Crippen LogP contribution in [0.2, 0.25) is 0 Å². The minimum Gasteiger partial charge on any atom is -0.392 e. The van der Waals surface area contributed by atoms with Crippen LogP contribution in [0.1, 0.15) is 11.1 Å². The smallest absolute Gasteiger partial charge is 0.146 e. The molecule has 2 rings (SSSR count). The molecule has 19 heavy (non-hydrogen) atoms. The van der Waals surface area contributed by atoms with Gasteiger partial charge in [-0.25, -0.2) is 4.39 Å². The van der Waals surface area contributed by atoms with Gasteiger partial charge in [0.05, 0.1) is 12.3 Å². The van der Waals surface area contributed by atoms with Crippen LogP contribution in [0, 0.1) is 5.82 Å². The van der Waals surface area contributed by atoms with Gasteiger partial charge in [0.1, 0.15) is 5.82 Å². The number of benzene rings is 2. The second-order valence-electron chi connectivity index (χ2n) is 4.43. The van der Waals surface area contributed by atoms with Crippen molar-refractivity contribution in [3.63, 3.8) is 0 Å². The van der Waals surface area contributed by atoms with Gasteiger partial charge in [0.15, 0.2) is 0 Å². The third-order valence-electron chi connectivity index (χ3n) is 2.91. The van der Waals surface area contributed by atoms with Crippen molar-refractivity contribution in [1.29, 1.82) is 0 Å². The Kier molecular flexibility index (Phi) is 4.56. The number of aliphatic hydroxyl groups is 1. The molecular formula is C15H15BrFNO. The maximum atomic E-state index is 13.9. The molecule has 0 spiro atoms. The summed E-state index contributed by atoms with van der Waals surface area (Å²) in [5.41, 5.74) is 2.21. The topological polar surface area (TPSA) is 23.5 Å². The van der Waals surface area contributed by atoms with E-state index in [1.54, 1.807) is 12.1 Å². The third kappa shape index (κ3) is 3.55. The Hall–Kier alpha value is -1.39. The van der Waals surface area contributed by atoms with E-state index < -0.39 is 0 Å². The number of halogens is 2. The molecular weight excluding hydrogens is 309 g/mol. The fourth-order valence-corrected chi connectivity index (χ4v) is 2.40. The normalized spacial score (nSPS) is 10.5. The van der Waals surface area contributed by atoms with Gasteiger partial charge in [-0.05, 0) is 35.4 Å². The van der Waals surface area contributed by atoms with Crippen LogP contribution < -0.4 is 4.90 Å². The van der Waals surface area contributed by atoms with Crippen molar-refractivity contribution < 1.29 is 9.50 Å². The first-order valence-corrected chi connectivity index (χ1v) is 6.74. The number of anilines is 1. The minimum atomic E-state index is -0.316. The van der Waals surface area contributed by atoms with Crippen LogP contribution in [0.25, 0.3) is 0 Å². The summed E-state index contributed by atoms with van der Waals surface area (Å²) in [5, 5.41) is 8.97. The summed E-state index contributed by atoms with van der Waals surface area (Å²) in [6, 6.07) is 12.7. The number of nitrogens with zero attached hydrogens (tertiary/aromatic N) is 1. The molecule has 2 aromatic rings. The average molecular weight is 324 g/mol. The molecule has 0 atom stereocenters. The van der Waals surface area contributed by atoms with E-state index in [1.165, 1.54) is 6.07 Å². The lowest BCUT2D eigenvalue weighted by atomic mass is 10.1. The second-order valence-corrected chi connectivity index (χ2v) is 5.35. The molecule has 0 aliphatic rings. The summed E-state index contributed by atoms with van der Waals surface area (Å²) in [4.78, 5) is 1.85. The predicted octanol–water partition coefficient (Wildman–Crippen LogP) is 3.72. The molecule has 2 aromatic carbocycles. The Morgan fingerprint density at radius 1 is 1.16 bits per heavy atom. The Bertz CT molecular complexity index is 574.